The minimum atomic E-state index is -0.948. The van der Waals surface area contributed by atoms with E-state index in [0.29, 0.717) is 28.4 Å². The van der Waals surface area contributed by atoms with Gasteiger partial charge < -0.3 is 15.2 Å². The van der Waals surface area contributed by atoms with Gasteiger partial charge in [0.05, 0.1) is 6.54 Å². The smallest absolute Gasteiger partial charge is 0.317 e. The Morgan fingerprint density at radius 1 is 1.23 bits per heavy atom. The predicted molar refractivity (Wildman–Crippen MR) is 81.5 cm³/mol. The van der Waals surface area contributed by atoms with Crippen LogP contribution in [0.3, 0.4) is 0 Å². The molecular weight excluding hydrogens is 309 g/mol. The van der Waals surface area contributed by atoms with Crippen LogP contribution in [0.25, 0.3) is 0 Å². The average molecular weight is 324 g/mol. The lowest BCUT2D eigenvalue weighted by Gasteiger charge is -2.13. The molecule has 22 heavy (non-hydrogen) atoms. The second kappa shape index (κ2) is 7.77. The fourth-order valence-corrected chi connectivity index (χ4v) is 2.10. The summed E-state index contributed by atoms with van der Waals surface area (Å²) < 4.78 is 19.2. The van der Waals surface area contributed by atoms with E-state index in [4.69, 9.17) is 21.4 Å². The molecule has 0 saturated heterocycles. The maximum Gasteiger partial charge on any atom is 0.317 e. The van der Waals surface area contributed by atoms with Gasteiger partial charge in [-0.25, -0.2) is 4.39 Å². The van der Waals surface area contributed by atoms with Gasteiger partial charge in [-0.05, 0) is 24.3 Å². The van der Waals surface area contributed by atoms with Crippen LogP contribution < -0.4 is 10.1 Å². The summed E-state index contributed by atoms with van der Waals surface area (Å²) in [4.78, 5) is 10.5. The molecule has 0 fully saturated rings. The lowest BCUT2D eigenvalue weighted by Crippen LogP contribution is -2.22. The van der Waals surface area contributed by atoms with Crippen LogP contribution in [0.5, 0.6) is 5.75 Å². The summed E-state index contributed by atoms with van der Waals surface area (Å²) in [6.45, 7) is 0.207. The molecule has 4 nitrogen and oxygen atoms in total. The van der Waals surface area contributed by atoms with Crippen LogP contribution >= 0.6 is 11.6 Å². The summed E-state index contributed by atoms with van der Waals surface area (Å²) in [7, 11) is 0. The van der Waals surface area contributed by atoms with Crippen LogP contribution in [-0.2, 0) is 17.9 Å². The van der Waals surface area contributed by atoms with E-state index in [0.717, 1.165) is 0 Å². The Morgan fingerprint density at radius 2 is 2.00 bits per heavy atom. The second-order valence-electron chi connectivity index (χ2n) is 4.63. The van der Waals surface area contributed by atoms with Gasteiger partial charge in [-0.1, -0.05) is 29.8 Å². The quantitative estimate of drug-likeness (QED) is 0.821. The molecule has 0 atom stereocenters. The van der Waals surface area contributed by atoms with Gasteiger partial charge in [0, 0.05) is 22.7 Å². The van der Waals surface area contributed by atoms with Gasteiger partial charge in [-0.3, -0.25) is 4.79 Å². The first-order valence-electron chi connectivity index (χ1n) is 6.63. The summed E-state index contributed by atoms with van der Waals surface area (Å²) in [5, 5.41) is 11.9. The molecular formula is C16H15ClFNO3. The van der Waals surface area contributed by atoms with Crippen molar-refractivity contribution in [3.63, 3.8) is 0 Å². The third kappa shape index (κ3) is 4.72. The number of hydrogen-bond donors (Lipinski definition) is 2. The fraction of sp³-hybridized carbons (Fsp3) is 0.188. The van der Waals surface area contributed by atoms with Gasteiger partial charge in [0.15, 0.2) is 0 Å². The molecule has 0 saturated carbocycles. The summed E-state index contributed by atoms with van der Waals surface area (Å²) in [5.74, 6) is -0.747. The molecule has 2 aromatic carbocycles. The minimum absolute atomic E-state index is 0.0836. The molecule has 0 aliphatic rings. The molecule has 0 unspecified atom stereocenters. The third-order valence-electron chi connectivity index (χ3n) is 2.96. The van der Waals surface area contributed by atoms with Crippen molar-refractivity contribution in [2.24, 2.45) is 0 Å². The van der Waals surface area contributed by atoms with Gasteiger partial charge in [-0.2, -0.15) is 0 Å². The molecule has 6 heteroatoms. The Balaban J connectivity index is 2.06. The Kier molecular flexibility index (Phi) is 5.75. The Labute approximate surface area is 132 Å². The molecule has 116 valence electrons. The topological polar surface area (TPSA) is 58.6 Å². The van der Waals surface area contributed by atoms with Crippen LogP contribution in [-0.4, -0.2) is 17.6 Å². The SMILES string of the molecule is O=C(O)CNCc1cc(Cl)ccc1OCc1ccccc1F. The zero-order valence-corrected chi connectivity index (χ0v) is 12.4. The van der Waals surface area contributed by atoms with Crippen molar-refractivity contribution in [1.82, 2.24) is 5.32 Å². The third-order valence-corrected chi connectivity index (χ3v) is 3.19. The standard InChI is InChI=1S/C16H15ClFNO3/c17-13-5-6-15(12(7-13)8-19-9-16(20)21)22-10-11-3-1-2-4-14(11)18/h1-7,19H,8-10H2,(H,20,21). The molecule has 2 N–H and O–H groups in total. The number of rotatable bonds is 7. The van der Waals surface area contributed by atoms with Crippen molar-refractivity contribution < 1.29 is 19.0 Å². The average Bonchev–Trinajstić information content (AvgIpc) is 2.47. The van der Waals surface area contributed by atoms with E-state index in [2.05, 4.69) is 5.32 Å². The van der Waals surface area contributed by atoms with Crippen LogP contribution in [0.1, 0.15) is 11.1 Å². The minimum Gasteiger partial charge on any atom is -0.488 e. The molecule has 0 aliphatic heterocycles. The Hall–Kier alpha value is -2.11. The Morgan fingerprint density at radius 3 is 2.73 bits per heavy atom. The summed E-state index contributed by atoms with van der Waals surface area (Å²) in [6.07, 6.45) is 0. The molecule has 0 spiro atoms. The van der Waals surface area contributed by atoms with Crippen LogP contribution in [0.4, 0.5) is 4.39 Å². The molecule has 0 bridgehead atoms. The fourth-order valence-electron chi connectivity index (χ4n) is 1.90. The number of halogens is 2. The largest absolute Gasteiger partial charge is 0.488 e. The van der Waals surface area contributed by atoms with Crippen LogP contribution in [0.15, 0.2) is 42.5 Å². The zero-order chi connectivity index (χ0) is 15.9. The lowest BCUT2D eigenvalue weighted by molar-refractivity contribution is -0.136. The first kappa shape index (κ1) is 16.3. The van der Waals surface area contributed by atoms with E-state index in [1.54, 1.807) is 36.4 Å². The van der Waals surface area contributed by atoms with Crippen LogP contribution in [0.2, 0.25) is 5.02 Å². The van der Waals surface area contributed by atoms with Crippen molar-refractivity contribution >= 4 is 17.6 Å². The molecule has 0 aliphatic carbocycles. The van der Waals surface area contributed by atoms with Gasteiger partial charge in [-0.15, -0.1) is 0 Å². The molecule has 0 aromatic heterocycles. The summed E-state index contributed by atoms with van der Waals surface area (Å²) >= 11 is 5.94. The number of aliphatic carboxylic acids is 1. The first-order valence-corrected chi connectivity index (χ1v) is 7.01. The van der Waals surface area contributed by atoms with Gasteiger partial charge in [0.25, 0.3) is 0 Å². The van der Waals surface area contributed by atoms with E-state index < -0.39 is 5.97 Å². The normalized spacial score (nSPS) is 10.5. The number of carboxylic acids is 1. The number of benzene rings is 2. The molecule has 0 radical (unpaired) electrons. The van der Waals surface area contributed by atoms with Gasteiger partial charge in [0.1, 0.15) is 18.2 Å². The lowest BCUT2D eigenvalue weighted by atomic mass is 10.2. The number of carboxylic acid groups (broad SMARTS) is 1. The maximum atomic E-state index is 13.6. The maximum absolute atomic E-state index is 13.6. The highest BCUT2D eigenvalue weighted by atomic mass is 35.5. The number of ether oxygens (including phenoxy) is 1. The van der Waals surface area contributed by atoms with E-state index in [1.165, 1.54) is 6.07 Å². The van der Waals surface area contributed by atoms with Crippen molar-refractivity contribution in [2.45, 2.75) is 13.2 Å². The van der Waals surface area contributed by atoms with E-state index in [1.807, 2.05) is 0 Å². The van der Waals surface area contributed by atoms with Crippen LogP contribution in [0, 0.1) is 5.82 Å². The molecule has 0 amide bonds. The van der Waals surface area contributed by atoms with Crippen molar-refractivity contribution in [1.29, 1.82) is 0 Å². The highest BCUT2D eigenvalue weighted by Crippen LogP contribution is 2.24. The van der Waals surface area contributed by atoms with Crippen molar-refractivity contribution in [3.8, 4) is 5.75 Å². The molecule has 2 aromatic rings. The van der Waals surface area contributed by atoms with Crippen molar-refractivity contribution in [2.75, 3.05) is 6.54 Å². The zero-order valence-electron chi connectivity index (χ0n) is 11.7. The Bertz CT molecular complexity index is 664. The number of hydrogen-bond acceptors (Lipinski definition) is 3. The van der Waals surface area contributed by atoms with E-state index >= 15 is 0 Å². The second-order valence-corrected chi connectivity index (χ2v) is 5.07. The number of carbonyl (C=O) groups is 1. The summed E-state index contributed by atoms with van der Waals surface area (Å²) in [5.41, 5.74) is 1.16. The molecule has 2 rings (SSSR count). The van der Waals surface area contributed by atoms with Crippen molar-refractivity contribution in [3.05, 3.63) is 64.4 Å². The first-order chi connectivity index (χ1) is 10.6. The monoisotopic (exact) mass is 323 g/mol. The highest BCUT2D eigenvalue weighted by molar-refractivity contribution is 6.30. The molecule has 0 heterocycles. The van der Waals surface area contributed by atoms with Gasteiger partial charge in [0.2, 0.25) is 0 Å². The summed E-state index contributed by atoms with van der Waals surface area (Å²) in [6, 6.07) is 11.4. The van der Waals surface area contributed by atoms with Gasteiger partial charge >= 0.3 is 5.97 Å². The highest BCUT2D eigenvalue weighted by Gasteiger charge is 2.08. The number of nitrogens with one attached hydrogen (secondary N) is 1. The van der Waals surface area contributed by atoms with E-state index in [-0.39, 0.29) is 19.0 Å². The predicted octanol–water partition coefficient (Wildman–Crippen LogP) is 3.23. The van der Waals surface area contributed by atoms with E-state index in [9.17, 15) is 9.18 Å².